The predicted octanol–water partition coefficient (Wildman–Crippen LogP) is 2.04. The highest BCUT2D eigenvalue weighted by Crippen LogP contribution is 2.21. The molecule has 0 aromatic carbocycles. The number of nitrogens with one attached hydrogen (secondary N) is 1. The van der Waals surface area contributed by atoms with E-state index >= 15 is 0 Å². The summed E-state index contributed by atoms with van der Waals surface area (Å²) in [6.07, 6.45) is 0. The van der Waals surface area contributed by atoms with Crippen molar-refractivity contribution in [3.8, 4) is 0 Å². The van der Waals surface area contributed by atoms with Gasteiger partial charge in [0, 0.05) is 4.88 Å². The smallest absolute Gasteiger partial charge is 0.231 e. The van der Waals surface area contributed by atoms with Crippen LogP contribution in [0.1, 0.15) is 18.7 Å². The summed E-state index contributed by atoms with van der Waals surface area (Å²) in [7, 11) is 0. The van der Waals surface area contributed by atoms with Crippen molar-refractivity contribution < 1.29 is 10.0 Å². The van der Waals surface area contributed by atoms with Crippen molar-refractivity contribution >= 4 is 34.7 Å². The molecule has 0 spiro atoms. The molecule has 1 aromatic rings. The van der Waals surface area contributed by atoms with E-state index < -0.39 is 5.92 Å². The summed E-state index contributed by atoms with van der Waals surface area (Å²) in [5.74, 6) is -1.02. The number of hydrogen-bond donors (Lipinski definition) is 3. The number of amides is 1. The molecule has 0 saturated carbocycles. The molecule has 4 N–H and O–H groups in total. The van der Waals surface area contributed by atoms with Gasteiger partial charge in [-0.05, 0) is 18.1 Å². The number of carbonyl (C=O) groups excluding carboxylic acids is 1. The van der Waals surface area contributed by atoms with Crippen LogP contribution in [0.4, 0.5) is 0 Å². The number of nitrogens with zero attached hydrogens (tertiary/aromatic N) is 1. The number of oxime groups is 1. The van der Waals surface area contributed by atoms with Gasteiger partial charge in [0.1, 0.15) is 5.92 Å². The van der Waals surface area contributed by atoms with E-state index in [0.29, 0.717) is 10.9 Å². The Kier molecular flexibility index (Phi) is 5.43. The Morgan fingerprint density at radius 1 is 1.61 bits per heavy atom. The van der Waals surface area contributed by atoms with Gasteiger partial charge in [-0.15, -0.1) is 11.3 Å². The molecule has 0 saturated heterocycles. The van der Waals surface area contributed by atoms with Gasteiger partial charge in [-0.1, -0.05) is 30.6 Å². The van der Waals surface area contributed by atoms with Crippen molar-refractivity contribution in [3.05, 3.63) is 21.3 Å². The number of thiophene rings is 1. The van der Waals surface area contributed by atoms with E-state index in [2.05, 4.69) is 10.5 Å². The first-order chi connectivity index (χ1) is 8.45. The number of nitrogens with two attached hydrogens (primary N) is 1. The molecule has 18 heavy (non-hydrogen) atoms. The summed E-state index contributed by atoms with van der Waals surface area (Å²) in [6, 6.07) is 3.62. The fourth-order valence-electron chi connectivity index (χ4n) is 1.57. The molecule has 0 bridgehead atoms. The molecule has 1 heterocycles. The first kappa shape index (κ1) is 14.8. The molecule has 100 valence electrons. The van der Waals surface area contributed by atoms with Crippen LogP contribution in [0.5, 0.6) is 0 Å². The van der Waals surface area contributed by atoms with Gasteiger partial charge in [-0.25, -0.2) is 0 Å². The highest BCUT2D eigenvalue weighted by Gasteiger charge is 2.26. The van der Waals surface area contributed by atoms with Gasteiger partial charge in [-0.2, -0.15) is 0 Å². The number of hydrogen-bond acceptors (Lipinski definition) is 4. The molecule has 1 amide bonds. The van der Waals surface area contributed by atoms with Crippen molar-refractivity contribution in [3.63, 3.8) is 0 Å². The second-order valence-electron chi connectivity index (χ2n) is 4.17. The first-order valence-electron chi connectivity index (χ1n) is 5.45. The molecule has 0 radical (unpaired) electrons. The molecule has 1 rings (SSSR count). The van der Waals surface area contributed by atoms with Gasteiger partial charge in [0.25, 0.3) is 0 Å². The monoisotopic (exact) mass is 289 g/mol. The van der Waals surface area contributed by atoms with Gasteiger partial charge in [-0.3, -0.25) is 4.79 Å². The number of rotatable bonds is 5. The van der Waals surface area contributed by atoms with Crippen molar-refractivity contribution in [2.75, 3.05) is 0 Å². The van der Waals surface area contributed by atoms with Crippen LogP contribution in [0.25, 0.3) is 0 Å². The third kappa shape index (κ3) is 3.89. The zero-order valence-corrected chi connectivity index (χ0v) is 11.8. The van der Waals surface area contributed by atoms with Gasteiger partial charge < -0.3 is 16.3 Å². The lowest BCUT2D eigenvalue weighted by atomic mass is 9.94. The Hall–Kier alpha value is -1.27. The largest absolute Gasteiger partial charge is 0.409 e. The fourth-order valence-corrected chi connectivity index (χ4v) is 2.60. The molecule has 0 aliphatic heterocycles. The Morgan fingerprint density at radius 3 is 2.72 bits per heavy atom. The minimum Gasteiger partial charge on any atom is -0.409 e. The van der Waals surface area contributed by atoms with Crippen molar-refractivity contribution in [2.24, 2.45) is 22.7 Å². The SMILES string of the molecule is CC(C)C(C(=O)NCc1ccc(Cl)s1)C(N)=NO. The Balaban J connectivity index is 2.62. The standard InChI is InChI=1S/C11H16ClN3O2S/c1-6(2)9(10(13)15-17)11(16)14-5-7-3-4-8(12)18-7/h3-4,6,9,17H,5H2,1-2H3,(H2,13,15)(H,14,16). The molecule has 0 aliphatic carbocycles. The summed E-state index contributed by atoms with van der Waals surface area (Å²) >= 11 is 7.20. The topological polar surface area (TPSA) is 87.7 Å². The van der Waals surface area contributed by atoms with E-state index in [1.165, 1.54) is 11.3 Å². The highest BCUT2D eigenvalue weighted by molar-refractivity contribution is 7.16. The Bertz CT molecular complexity index is 445. The second kappa shape index (κ2) is 6.61. The van der Waals surface area contributed by atoms with Crippen molar-refractivity contribution in [1.29, 1.82) is 0 Å². The number of carbonyl (C=O) groups is 1. The van der Waals surface area contributed by atoms with Crippen LogP contribution in [0.3, 0.4) is 0 Å². The summed E-state index contributed by atoms with van der Waals surface area (Å²) in [5, 5.41) is 14.3. The lowest BCUT2D eigenvalue weighted by Gasteiger charge is -2.18. The lowest BCUT2D eigenvalue weighted by molar-refractivity contribution is -0.124. The van der Waals surface area contributed by atoms with E-state index in [1.54, 1.807) is 6.07 Å². The molecule has 0 fully saturated rings. The van der Waals surface area contributed by atoms with Crippen LogP contribution >= 0.6 is 22.9 Å². The molecular formula is C11H16ClN3O2S. The molecule has 7 heteroatoms. The number of halogens is 1. The van der Waals surface area contributed by atoms with Crippen LogP contribution < -0.4 is 11.1 Å². The van der Waals surface area contributed by atoms with Crippen molar-refractivity contribution in [1.82, 2.24) is 5.32 Å². The van der Waals surface area contributed by atoms with Crippen LogP contribution in [-0.4, -0.2) is 17.0 Å². The van der Waals surface area contributed by atoms with Gasteiger partial charge >= 0.3 is 0 Å². The van der Waals surface area contributed by atoms with Gasteiger partial charge in [0.15, 0.2) is 5.84 Å². The second-order valence-corrected chi connectivity index (χ2v) is 5.97. The Morgan fingerprint density at radius 2 is 2.28 bits per heavy atom. The van der Waals surface area contributed by atoms with Crippen LogP contribution in [0, 0.1) is 11.8 Å². The summed E-state index contributed by atoms with van der Waals surface area (Å²) in [6.45, 7) is 4.06. The summed E-state index contributed by atoms with van der Waals surface area (Å²) in [5.41, 5.74) is 5.51. The first-order valence-corrected chi connectivity index (χ1v) is 6.64. The molecule has 1 atom stereocenters. The summed E-state index contributed by atoms with van der Waals surface area (Å²) < 4.78 is 0.677. The normalized spacial score (nSPS) is 13.7. The van der Waals surface area contributed by atoms with E-state index in [1.807, 2.05) is 19.9 Å². The van der Waals surface area contributed by atoms with E-state index in [9.17, 15) is 4.79 Å². The molecule has 0 aliphatic rings. The average molecular weight is 290 g/mol. The lowest BCUT2D eigenvalue weighted by Crippen LogP contribution is -2.41. The molecule has 1 aromatic heterocycles. The zero-order valence-electron chi connectivity index (χ0n) is 10.2. The maximum Gasteiger partial charge on any atom is 0.231 e. The minimum atomic E-state index is -0.634. The van der Waals surface area contributed by atoms with Gasteiger partial charge in [0.2, 0.25) is 5.91 Å². The van der Waals surface area contributed by atoms with E-state index in [-0.39, 0.29) is 17.7 Å². The van der Waals surface area contributed by atoms with Crippen LogP contribution in [-0.2, 0) is 11.3 Å². The maximum absolute atomic E-state index is 12.0. The fraction of sp³-hybridized carbons (Fsp3) is 0.455. The maximum atomic E-state index is 12.0. The van der Waals surface area contributed by atoms with Crippen LogP contribution in [0.15, 0.2) is 17.3 Å². The average Bonchev–Trinajstić information content (AvgIpc) is 2.72. The minimum absolute atomic E-state index is 0.0483. The van der Waals surface area contributed by atoms with E-state index in [0.717, 1.165) is 4.88 Å². The van der Waals surface area contributed by atoms with Gasteiger partial charge in [0.05, 0.1) is 10.9 Å². The predicted molar refractivity (Wildman–Crippen MR) is 72.9 cm³/mol. The number of amidine groups is 1. The third-order valence-corrected chi connectivity index (χ3v) is 3.68. The highest BCUT2D eigenvalue weighted by atomic mass is 35.5. The molecule has 5 nitrogen and oxygen atoms in total. The quantitative estimate of drug-likeness (QED) is 0.335. The van der Waals surface area contributed by atoms with Crippen LogP contribution in [0.2, 0.25) is 4.34 Å². The van der Waals surface area contributed by atoms with E-state index in [4.69, 9.17) is 22.5 Å². The third-order valence-electron chi connectivity index (χ3n) is 2.45. The zero-order chi connectivity index (χ0) is 13.7. The van der Waals surface area contributed by atoms with Crippen molar-refractivity contribution in [2.45, 2.75) is 20.4 Å². The molecule has 1 unspecified atom stereocenters. The molecular weight excluding hydrogens is 274 g/mol. The summed E-state index contributed by atoms with van der Waals surface area (Å²) in [4.78, 5) is 12.9. The Labute approximate surface area is 115 Å².